The number of carbonyl (C=O) groups is 1. The molecule has 2 rings (SSSR count). The summed E-state index contributed by atoms with van der Waals surface area (Å²) in [5.41, 5.74) is -1.90. The van der Waals surface area contributed by atoms with E-state index >= 15 is 0 Å². The van der Waals surface area contributed by atoms with Crippen molar-refractivity contribution in [3.05, 3.63) is 17.5 Å². The number of halogens is 3. The van der Waals surface area contributed by atoms with Gasteiger partial charge in [-0.15, -0.1) is 0 Å². The van der Waals surface area contributed by atoms with Crippen molar-refractivity contribution < 1.29 is 22.5 Å². The minimum Gasteiger partial charge on any atom is -0.361 e. The summed E-state index contributed by atoms with van der Waals surface area (Å²) < 4.78 is 44.6. The first-order chi connectivity index (χ1) is 9.26. The summed E-state index contributed by atoms with van der Waals surface area (Å²) in [6.45, 7) is 1.48. The summed E-state index contributed by atoms with van der Waals surface area (Å²) in [5, 5.41) is 6.31. The van der Waals surface area contributed by atoms with Crippen molar-refractivity contribution in [2.24, 2.45) is 5.41 Å². The van der Waals surface area contributed by atoms with Gasteiger partial charge >= 0.3 is 6.18 Å². The number of carbonyl (C=O) groups excluding carboxylic acids is 1. The molecule has 1 aliphatic heterocycles. The highest BCUT2D eigenvalue weighted by atomic mass is 19.4. The van der Waals surface area contributed by atoms with Crippen molar-refractivity contribution in [2.75, 3.05) is 20.1 Å². The van der Waals surface area contributed by atoms with E-state index in [1.165, 1.54) is 7.05 Å². The molecule has 1 atom stereocenters. The molecular formula is C12H16F3N3O2. The molecule has 8 heteroatoms. The minimum atomic E-state index is -4.57. The lowest BCUT2D eigenvalue weighted by Crippen LogP contribution is -2.52. The number of aryl methyl sites for hydroxylation is 1. The van der Waals surface area contributed by atoms with Gasteiger partial charge in [0.25, 0.3) is 0 Å². The lowest BCUT2D eigenvalue weighted by atomic mass is 9.84. The zero-order chi connectivity index (χ0) is 15.0. The molecule has 1 N–H and O–H groups in total. The summed E-state index contributed by atoms with van der Waals surface area (Å²) in [6.07, 6.45) is -4.81. The molecule has 20 heavy (non-hydrogen) atoms. The molecule has 0 saturated carbocycles. The van der Waals surface area contributed by atoms with E-state index in [9.17, 15) is 18.0 Å². The van der Waals surface area contributed by atoms with E-state index in [-0.39, 0.29) is 26.1 Å². The van der Waals surface area contributed by atoms with Crippen LogP contribution in [-0.2, 0) is 11.3 Å². The number of hydrogen-bond acceptors (Lipinski definition) is 4. The van der Waals surface area contributed by atoms with Crippen LogP contribution in [0.5, 0.6) is 0 Å². The molecule has 1 aromatic rings. The van der Waals surface area contributed by atoms with Crippen LogP contribution in [0.25, 0.3) is 0 Å². The molecule has 1 unspecified atom stereocenters. The third-order valence-electron chi connectivity index (χ3n) is 3.53. The molecular weight excluding hydrogens is 275 g/mol. The van der Waals surface area contributed by atoms with Crippen molar-refractivity contribution in [1.29, 1.82) is 0 Å². The quantitative estimate of drug-likeness (QED) is 0.916. The largest absolute Gasteiger partial charge is 0.404 e. The van der Waals surface area contributed by atoms with Crippen LogP contribution in [-0.4, -0.2) is 42.3 Å². The third-order valence-corrected chi connectivity index (χ3v) is 3.53. The van der Waals surface area contributed by atoms with Crippen molar-refractivity contribution in [3.8, 4) is 0 Å². The normalized spacial score (nSPS) is 23.1. The number of alkyl halides is 3. The zero-order valence-corrected chi connectivity index (χ0v) is 11.3. The maximum absolute atomic E-state index is 13.2. The smallest absolute Gasteiger partial charge is 0.361 e. The van der Waals surface area contributed by atoms with Crippen LogP contribution in [0.1, 0.15) is 17.9 Å². The molecule has 1 saturated heterocycles. The zero-order valence-electron chi connectivity index (χ0n) is 11.3. The Morgan fingerprint density at radius 3 is 2.75 bits per heavy atom. The van der Waals surface area contributed by atoms with Crippen LogP contribution < -0.4 is 5.32 Å². The molecule has 0 bridgehead atoms. The molecule has 0 spiro atoms. The van der Waals surface area contributed by atoms with Crippen LogP contribution in [0.15, 0.2) is 10.6 Å². The van der Waals surface area contributed by atoms with Crippen LogP contribution in [0.2, 0.25) is 0 Å². The van der Waals surface area contributed by atoms with E-state index in [1.54, 1.807) is 13.0 Å². The molecule has 1 amide bonds. The summed E-state index contributed by atoms with van der Waals surface area (Å²) >= 11 is 0. The molecule has 1 fully saturated rings. The SMILES string of the molecule is Cc1cc(CN(C)C(=O)C2(C(F)(F)F)CCNC2)no1. The summed E-state index contributed by atoms with van der Waals surface area (Å²) in [7, 11) is 1.35. The van der Waals surface area contributed by atoms with E-state index in [1.807, 2.05) is 0 Å². The van der Waals surface area contributed by atoms with Gasteiger partial charge in [0, 0.05) is 19.7 Å². The second-order valence-electron chi connectivity index (χ2n) is 5.10. The molecule has 2 heterocycles. The van der Waals surface area contributed by atoms with E-state index < -0.39 is 17.5 Å². The Morgan fingerprint density at radius 1 is 1.60 bits per heavy atom. The monoisotopic (exact) mass is 291 g/mol. The highest BCUT2D eigenvalue weighted by molar-refractivity contribution is 5.84. The van der Waals surface area contributed by atoms with Gasteiger partial charge in [-0.25, -0.2) is 0 Å². The molecule has 0 aliphatic carbocycles. The average molecular weight is 291 g/mol. The fourth-order valence-electron chi connectivity index (χ4n) is 2.41. The molecule has 0 aromatic carbocycles. The second kappa shape index (κ2) is 5.08. The Bertz CT molecular complexity index is 492. The lowest BCUT2D eigenvalue weighted by Gasteiger charge is -2.33. The molecule has 1 aliphatic rings. The molecule has 0 radical (unpaired) electrons. The fourth-order valence-corrected chi connectivity index (χ4v) is 2.41. The Balaban J connectivity index is 2.16. The first-order valence-electron chi connectivity index (χ1n) is 6.21. The van der Waals surface area contributed by atoms with Gasteiger partial charge in [-0.05, 0) is 19.9 Å². The van der Waals surface area contributed by atoms with Gasteiger partial charge in [-0.2, -0.15) is 13.2 Å². The minimum absolute atomic E-state index is 0.00595. The standard InChI is InChI=1S/C12H16F3N3O2/c1-8-5-9(17-20-8)6-18(2)10(19)11(12(13,14)15)3-4-16-7-11/h5,16H,3-4,6-7H2,1-2H3. The fraction of sp³-hybridized carbons (Fsp3) is 0.667. The predicted octanol–water partition coefficient (Wildman–Crippen LogP) is 1.48. The van der Waals surface area contributed by atoms with Gasteiger partial charge in [0.15, 0.2) is 5.41 Å². The van der Waals surface area contributed by atoms with Crippen molar-refractivity contribution in [2.45, 2.75) is 26.1 Å². The number of nitrogens with one attached hydrogen (secondary N) is 1. The molecule has 5 nitrogen and oxygen atoms in total. The van der Waals surface area contributed by atoms with E-state index in [2.05, 4.69) is 10.5 Å². The highest BCUT2D eigenvalue weighted by Gasteiger charge is 2.62. The topological polar surface area (TPSA) is 58.4 Å². The predicted molar refractivity (Wildman–Crippen MR) is 63.7 cm³/mol. The molecule has 1 aromatic heterocycles. The van der Waals surface area contributed by atoms with Crippen molar-refractivity contribution >= 4 is 5.91 Å². The van der Waals surface area contributed by atoms with Gasteiger partial charge in [0.2, 0.25) is 5.91 Å². The van der Waals surface area contributed by atoms with E-state index in [0.29, 0.717) is 11.5 Å². The first kappa shape index (κ1) is 14.8. The van der Waals surface area contributed by atoms with Crippen LogP contribution >= 0.6 is 0 Å². The van der Waals surface area contributed by atoms with Gasteiger partial charge in [0.05, 0.1) is 6.54 Å². The number of hydrogen-bond donors (Lipinski definition) is 1. The van der Waals surface area contributed by atoms with Gasteiger partial charge < -0.3 is 14.7 Å². The number of aromatic nitrogens is 1. The van der Waals surface area contributed by atoms with Crippen LogP contribution in [0.4, 0.5) is 13.2 Å². The molecule has 112 valence electrons. The first-order valence-corrected chi connectivity index (χ1v) is 6.21. The summed E-state index contributed by atoms with van der Waals surface area (Å²) in [6, 6.07) is 1.59. The maximum atomic E-state index is 13.2. The Kier molecular flexibility index (Phi) is 3.77. The van der Waals surface area contributed by atoms with E-state index in [0.717, 1.165) is 4.90 Å². The lowest BCUT2D eigenvalue weighted by molar-refractivity contribution is -0.221. The highest BCUT2D eigenvalue weighted by Crippen LogP contribution is 2.44. The third kappa shape index (κ3) is 2.52. The van der Waals surface area contributed by atoms with Crippen LogP contribution in [0.3, 0.4) is 0 Å². The number of rotatable bonds is 3. The number of nitrogens with zero attached hydrogens (tertiary/aromatic N) is 2. The van der Waals surface area contributed by atoms with Gasteiger partial charge in [-0.3, -0.25) is 4.79 Å². The summed E-state index contributed by atoms with van der Waals surface area (Å²) in [5.74, 6) is -0.385. The van der Waals surface area contributed by atoms with Gasteiger partial charge in [-0.1, -0.05) is 5.16 Å². The second-order valence-corrected chi connectivity index (χ2v) is 5.10. The average Bonchev–Trinajstić information content (AvgIpc) is 2.97. The van der Waals surface area contributed by atoms with E-state index in [4.69, 9.17) is 4.52 Å². The van der Waals surface area contributed by atoms with Crippen molar-refractivity contribution in [1.82, 2.24) is 15.4 Å². The Hall–Kier alpha value is -1.57. The van der Waals surface area contributed by atoms with Gasteiger partial charge in [0.1, 0.15) is 11.5 Å². The van der Waals surface area contributed by atoms with Crippen LogP contribution in [0, 0.1) is 12.3 Å². The van der Waals surface area contributed by atoms with Crippen molar-refractivity contribution in [3.63, 3.8) is 0 Å². The Morgan fingerprint density at radius 2 is 2.30 bits per heavy atom. The summed E-state index contributed by atoms with van der Waals surface area (Å²) in [4.78, 5) is 13.3. The maximum Gasteiger partial charge on any atom is 0.404 e. The number of amides is 1. The Labute approximate surface area is 114 Å².